The summed E-state index contributed by atoms with van der Waals surface area (Å²) in [5, 5.41) is 59.2. The molecule has 2 amide bonds. The van der Waals surface area contributed by atoms with Crippen molar-refractivity contribution in [3.05, 3.63) is 167 Å². The molecule has 0 fully saturated rings. The first-order valence-corrected chi connectivity index (χ1v) is 44.1. The zero-order valence-electron chi connectivity index (χ0n) is 85.0. The summed E-state index contributed by atoms with van der Waals surface area (Å²) in [7, 11) is 1.58. The second-order valence-corrected chi connectivity index (χ2v) is 34.8. The molecular formula is C100H153N5Na2O27. The molecule has 0 saturated carbocycles. The maximum absolute atomic E-state index is 12.0. The Labute approximate surface area is 839 Å². The van der Waals surface area contributed by atoms with E-state index in [1.807, 2.05) is 177 Å². The van der Waals surface area contributed by atoms with Gasteiger partial charge in [0.2, 0.25) is 11.8 Å². The van der Waals surface area contributed by atoms with Crippen molar-refractivity contribution in [3.8, 4) is 5.75 Å². The molecule has 742 valence electrons. The molecule has 0 saturated heterocycles. The molecule has 0 spiro atoms. The quantitative estimate of drug-likeness (QED) is 0.00607. The number of primary amides is 1. The summed E-state index contributed by atoms with van der Waals surface area (Å²) < 4.78 is 34.3. The Kier molecular flexibility index (Phi) is 72.6. The number of aliphatic carboxylic acids is 6. The van der Waals surface area contributed by atoms with Crippen LogP contribution in [-0.4, -0.2) is 205 Å². The van der Waals surface area contributed by atoms with Crippen LogP contribution in [0.5, 0.6) is 5.75 Å². The fourth-order valence-corrected chi connectivity index (χ4v) is 9.43. The van der Waals surface area contributed by atoms with Crippen LogP contribution >= 0.6 is 0 Å². The molecule has 0 heterocycles. The average Bonchev–Trinajstić information content (AvgIpc) is 0.834. The zero-order valence-corrected chi connectivity index (χ0v) is 89.0. The van der Waals surface area contributed by atoms with Gasteiger partial charge in [-0.3, -0.25) is 57.9 Å². The molecule has 0 aliphatic rings. The van der Waals surface area contributed by atoms with Crippen molar-refractivity contribution in [3.63, 3.8) is 0 Å². The molecule has 4 aromatic carbocycles. The molecule has 32 nitrogen and oxygen atoms in total. The molecule has 4 aromatic rings. The van der Waals surface area contributed by atoms with Crippen molar-refractivity contribution in [2.75, 3.05) is 91.3 Å². The van der Waals surface area contributed by atoms with Gasteiger partial charge in [-0.1, -0.05) is 196 Å². The van der Waals surface area contributed by atoms with E-state index in [9.17, 15) is 77.3 Å². The summed E-state index contributed by atoms with van der Waals surface area (Å²) in [5.41, 5.74) is 11.0. The molecular weight excluding hydrogens is 1750 g/mol. The van der Waals surface area contributed by atoms with Crippen LogP contribution in [0.2, 0.25) is 0 Å². The Morgan fingerprint density at radius 1 is 0.373 bits per heavy atom. The Hall–Kier alpha value is -9.48. The number of methoxy groups -OCH3 is 1. The summed E-state index contributed by atoms with van der Waals surface area (Å²) in [5.74, 6) is -7.21. The van der Waals surface area contributed by atoms with Crippen LogP contribution in [0.3, 0.4) is 0 Å². The molecule has 0 bridgehead atoms. The minimum Gasteiger partial charge on any atom is -0.549 e. The fraction of sp³-hybridized carbons (Fsp3) is 0.560. The van der Waals surface area contributed by atoms with Crippen LogP contribution in [0.1, 0.15) is 269 Å². The van der Waals surface area contributed by atoms with Gasteiger partial charge < -0.3 is 84.4 Å². The smallest absolute Gasteiger partial charge is 0.549 e. The summed E-state index contributed by atoms with van der Waals surface area (Å²) in [6, 6.07) is 30.2. The number of carboxylic acids is 6. The average molecular weight is 1900 g/mol. The molecule has 7 N–H and O–H groups in total. The van der Waals surface area contributed by atoms with Gasteiger partial charge in [0, 0.05) is 73.1 Å². The van der Waals surface area contributed by atoms with Crippen molar-refractivity contribution in [1.82, 2.24) is 14.7 Å². The number of nitrogens with zero attached hydrogens (tertiary/aromatic N) is 3. The number of benzene rings is 4. The number of carboxylic acid groups (broad SMARTS) is 6. The summed E-state index contributed by atoms with van der Waals surface area (Å²) in [6.07, 6.45) is 6.93. The maximum Gasteiger partial charge on any atom is 1.00 e. The van der Waals surface area contributed by atoms with E-state index >= 15 is 0 Å². The van der Waals surface area contributed by atoms with Gasteiger partial charge in [-0.25, -0.2) is 14.4 Å². The SMILES string of the molecule is C=C(C)C(=O)OCCOC(=O)C(C)(C)CC.C=C(C)C(=O)OCCOC(=O)C(C)(C)CC.C=C(C)C(=O)Oc1ccc(NC(=O)C(C)(C)CC)cc1.CCC(C)(C)C(=O)OCCOC.CCC(C)(C)C(N)=O.CCC(C)c1ccc(CN(CC(=O)O)CC(=O)O)cc1.CCC(C)c1ccc(CN(CC(=O)O)CC(=O)O)cc1.CCC(C)c1ccc(CN(CC(=O)[O-])CC(=O)[O-])cc1.[Na+].[Na+]. The number of nitrogens with one attached hydrogen (secondary N) is 1. The molecule has 34 heteroatoms. The molecule has 0 radical (unpaired) electrons. The van der Waals surface area contributed by atoms with Crippen LogP contribution in [-0.2, 0) is 115 Å². The second-order valence-electron chi connectivity index (χ2n) is 34.8. The number of ether oxygens (including phenoxy) is 7. The Morgan fingerprint density at radius 3 is 0.828 bits per heavy atom. The standard InChI is InChI=1S/C16H21NO3.3C15H21NO4.2C12H20O4.C9H18O3.C6H13NO.2Na/c1-6-16(4,5)15(19)17-12-7-9-13(10-8-12)20-14(18)11(2)3;3*1-3-11(2)13-6-4-12(5-7-13)8-16(9-14(17)18)10-15(19)20;2*1-6-12(4,5)11(14)16-8-7-15-10(13)9(2)3;1-5-9(2,3)8(10)12-7-6-11-4;1-4-6(2,3)5(7)8;;/h7-10H,2,6H2,1,3-5H3,(H,17,19);3*4-7,11H,3,8-10H2,1-2H3,(H,17,18)(H,19,20);2*2,6-8H2,1,3-5H3;5-7H2,1-4H3;4H2,1-3H3,(H2,7,8);;/q;;;;;;;;2*+1/p-2. The van der Waals surface area contributed by atoms with E-state index in [0.29, 0.717) is 85.1 Å². The number of hydrogen-bond acceptors (Lipinski definition) is 26. The van der Waals surface area contributed by atoms with E-state index in [-0.39, 0.29) is 159 Å². The van der Waals surface area contributed by atoms with Crippen molar-refractivity contribution in [2.24, 2.45) is 32.8 Å². The predicted molar refractivity (Wildman–Crippen MR) is 503 cm³/mol. The number of hydrogen-bond donors (Lipinski definition) is 6. The molecule has 0 aromatic heterocycles. The Bertz CT molecular complexity index is 3930. The number of esters is 6. The van der Waals surface area contributed by atoms with E-state index in [2.05, 4.69) is 66.6 Å². The van der Waals surface area contributed by atoms with Crippen molar-refractivity contribution >= 4 is 89.1 Å². The van der Waals surface area contributed by atoms with E-state index in [4.69, 9.17) is 59.3 Å². The monoisotopic (exact) mass is 1900 g/mol. The molecule has 4 rings (SSSR count). The summed E-state index contributed by atoms with van der Waals surface area (Å²) in [6.45, 7) is 56.1. The van der Waals surface area contributed by atoms with Crippen LogP contribution in [0.4, 0.5) is 5.69 Å². The minimum atomic E-state index is -1.30. The van der Waals surface area contributed by atoms with Gasteiger partial charge in [0.15, 0.2) is 0 Å². The third-order valence-electron chi connectivity index (χ3n) is 21.2. The van der Waals surface area contributed by atoms with Gasteiger partial charge in [0.05, 0.1) is 61.0 Å². The van der Waals surface area contributed by atoms with Crippen molar-refractivity contribution in [1.29, 1.82) is 0 Å². The minimum absolute atomic E-state index is 0. The summed E-state index contributed by atoms with van der Waals surface area (Å²) in [4.78, 5) is 158. The largest absolute Gasteiger partial charge is 1.00 e. The van der Waals surface area contributed by atoms with Crippen molar-refractivity contribution < 1.29 is 190 Å². The number of nitrogens with two attached hydrogens (primary N) is 1. The topological polar surface area (TPSA) is 478 Å². The van der Waals surface area contributed by atoms with Gasteiger partial charge >= 0.3 is 119 Å². The third kappa shape index (κ3) is 63.7. The predicted octanol–water partition coefficient (Wildman–Crippen LogP) is 8.09. The van der Waals surface area contributed by atoms with Crippen LogP contribution in [0.15, 0.2) is 134 Å². The maximum atomic E-state index is 12.0. The van der Waals surface area contributed by atoms with Gasteiger partial charge in [-0.15, -0.1) is 0 Å². The van der Waals surface area contributed by atoms with E-state index in [0.717, 1.165) is 55.2 Å². The molecule has 0 aliphatic heterocycles. The molecule has 0 aliphatic carbocycles. The number of amides is 2. The van der Waals surface area contributed by atoms with Crippen LogP contribution in [0, 0.1) is 27.1 Å². The van der Waals surface area contributed by atoms with Crippen LogP contribution in [0.25, 0.3) is 0 Å². The molecule has 134 heavy (non-hydrogen) atoms. The third-order valence-corrected chi connectivity index (χ3v) is 21.2. The first-order chi connectivity index (χ1) is 61.2. The number of anilines is 1. The van der Waals surface area contributed by atoms with Crippen molar-refractivity contribution in [2.45, 2.75) is 255 Å². The fourth-order valence-electron chi connectivity index (χ4n) is 9.43. The molecule has 3 unspecified atom stereocenters. The molecule has 3 atom stereocenters. The van der Waals surface area contributed by atoms with Crippen LogP contribution < -0.4 is 85.1 Å². The number of carbonyl (C=O) groups is 14. The van der Waals surface area contributed by atoms with Gasteiger partial charge in [-0.2, -0.15) is 0 Å². The normalized spacial score (nSPS) is 11.4. The number of carbonyl (C=O) groups excluding carboxylic acids is 10. The Balaban J connectivity index is -0.000000353. The van der Waals surface area contributed by atoms with Gasteiger partial charge in [0.25, 0.3) is 0 Å². The van der Waals surface area contributed by atoms with E-state index in [1.54, 1.807) is 52.1 Å². The Morgan fingerprint density at radius 2 is 0.619 bits per heavy atom. The van der Waals surface area contributed by atoms with Gasteiger partial charge in [-0.05, 0) is 189 Å². The van der Waals surface area contributed by atoms with E-state index in [1.165, 1.54) is 31.4 Å². The zero-order chi connectivity index (χ0) is 103. The number of rotatable bonds is 48. The second kappa shape index (κ2) is 72.0. The first kappa shape index (κ1) is 135. The summed E-state index contributed by atoms with van der Waals surface area (Å²) >= 11 is 0. The van der Waals surface area contributed by atoms with E-state index < -0.39 is 83.1 Å². The first-order valence-electron chi connectivity index (χ1n) is 44.1. The van der Waals surface area contributed by atoms with Gasteiger partial charge in [0.1, 0.15) is 38.8 Å².